The maximum absolute atomic E-state index is 13.2. The summed E-state index contributed by atoms with van der Waals surface area (Å²) in [4.78, 5) is 16.4. The van der Waals surface area contributed by atoms with Gasteiger partial charge >= 0.3 is 6.18 Å². The third-order valence-electron chi connectivity index (χ3n) is 3.88. The van der Waals surface area contributed by atoms with Crippen LogP contribution in [0.1, 0.15) is 21.9 Å². The number of rotatable bonds is 2. The van der Waals surface area contributed by atoms with Gasteiger partial charge in [-0.05, 0) is 25.1 Å². The highest BCUT2D eigenvalue weighted by Crippen LogP contribution is 2.33. The lowest BCUT2D eigenvalue weighted by Gasteiger charge is -2.18. The minimum absolute atomic E-state index is 0.0605. The van der Waals surface area contributed by atoms with Gasteiger partial charge in [-0.3, -0.25) is 4.79 Å². The van der Waals surface area contributed by atoms with Crippen molar-refractivity contribution in [3.05, 3.63) is 47.4 Å². The molecule has 0 saturated carbocycles. The molecular formula is C17H13F3N4O3. The SMILES string of the molecule is Cc1cc(C(F)(F)F)n2nc(C(=O)Nc3ccc4c(c3)OCCO4)cc2n1. The Bertz CT molecular complexity index is 1050. The Kier molecular flexibility index (Phi) is 3.90. The molecule has 0 saturated heterocycles. The highest BCUT2D eigenvalue weighted by molar-refractivity contribution is 6.03. The van der Waals surface area contributed by atoms with E-state index in [0.717, 1.165) is 6.07 Å². The highest BCUT2D eigenvalue weighted by atomic mass is 19.4. The summed E-state index contributed by atoms with van der Waals surface area (Å²) in [6, 6.07) is 6.90. The average molecular weight is 378 g/mol. The summed E-state index contributed by atoms with van der Waals surface area (Å²) in [6.07, 6.45) is -4.62. The van der Waals surface area contributed by atoms with Gasteiger partial charge in [0, 0.05) is 23.5 Å². The van der Waals surface area contributed by atoms with Gasteiger partial charge in [0.15, 0.2) is 22.8 Å². The molecule has 0 spiro atoms. The second-order valence-electron chi connectivity index (χ2n) is 5.89. The molecule has 0 bridgehead atoms. The van der Waals surface area contributed by atoms with E-state index in [0.29, 0.717) is 34.9 Å². The standard InChI is InChI=1S/C17H13F3N4O3/c1-9-6-14(17(18,19)20)24-15(21-9)8-11(23-24)16(25)22-10-2-3-12-13(7-10)27-5-4-26-12/h2-3,6-8H,4-5H2,1H3,(H,22,25). The van der Waals surface area contributed by atoms with Crippen molar-refractivity contribution >= 4 is 17.2 Å². The van der Waals surface area contributed by atoms with Crippen molar-refractivity contribution in [1.29, 1.82) is 0 Å². The van der Waals surface area contributed by atoms with Crippen LogP contribution in [0.4, 0.5) is 18.9 Å². The third kappa shape index (κ3) is 3.25. The number of hydrogen-bond acceptors (Lipinski definition) is 5. The minimum Gasteiger partial charge on any atom is -0.486 e. The van der Waals surface area contributed by atoms with Crippen molar-refractivity contribution in [1.82, 2.24) is 14.6 Å². The predicted molar refractivity (Wildman–Crippen MR) is 88.1 cm³/mol. The van der Waals surface area contributed by atoms with E-state index in [9.17, 15) is 18.0 Å². The van der Waals surface area contributed by atoms with Crippen LogP contribution in [0.25, 0.3) is 5.65 Å². The number of aryl methyl sites for hydroxylation is 1. The first-order valence-corrected chi connectivity index (χ1v) is 7.97. The molecule has 1 aromatic carbocycles. The number of nitrogens with zero attached hydrogens (tertiary/aromatic N) is 3. The molecule has 0 radical (unpaired) electrons. The molecule has 0 atom stereocenters. The monoisotopic (exact) mass is 378 g/mol. The van der Waals surface area contributed by atoms with Gasteiger partial charge < -0.3 is 14.8 Å². The van der Waals surface area contributed by atoms with Gasteiger partial charge in [0.2, 0.25) is 0 Å². The quantitative estimate of drug-likeness (QED) is 0.742. The number of aromatic nitrogens is 3. The van der Waals surface area contributed by atoms with E-state index in [1.165, 1.54) is 13.0 Å². The van der Waals surface area contributed by atoms with Crippen molar-refractivity contribution in [3.63, 3.8) is 0 Å². The molecule has 0 unspecified atom stereocenters. The molecule has 0 fully saturated rings. The van der Waals surface area contributed by atoms with Crippen molar-refractivity contribution in [2.75, 3.05) is 18.5 Å². The number of ether oxygens (including phenoxy) is 2. The molecule has 1 N–H and O–H groups in total. The molecule has 2 aromatic heterocycles. The Labute approximate surface area is 150 Å². The van der Waals surface area contributed by atoms with Crippen molar-refractivity contribution in [3.8, 4) is 11.5 Å². The fraction of sp³-hybridized carbons (Fsp3) is 0.235. The number of halogens is 3. The van der Waals surface area contributed by atoms with E-state index < -0.39 is 17.8 Å². The molecule has 0 aliphatic carbocycles. The number of anilines is 1. The summed E-state index contributed by atoms with van der Waals surface area (Å²) in [6.45, 7) is 2.27. The molecule has 3 heterocycles. The maximum atomic E-state index is 13.2. The zero-order valence-electron chi connectivity index (χ0n) is 14.0. The van der Waals surface area contributed by atoms with Crippen LogP contribution in [-0.4, -0.2) is 33.7 Å². The van der Waals surface area contributed by atoms with Crippen LogP contribution in [0.15, 0.2) is 30.3 Å². The van der Waals surface area contributed by atoms with Crippen LogP contribution in [0.2, 0.25) is 0 Å². The number of nitrogens with one attached hydrogen (secondary N) is 1. The molecular weight excluding hydrogens is 365 g/mol. The largest absolute Gasteiger partial charge is 0.486 e. The van der Waals surface area contributed by atoms with Crippen molar-refractivity contribution in [2.45, 2.75) is 13.1 Å². The van der Waals surface area contributed by atoms with Crippen LogP contribution >= 0.6 is 0 Å². The van der Waals surface area contributed by atoms with Crippen molar-refractivity contribution < 1.29 is 27.4 Å². The lowest BCUT2D eigenvalue weighted by Crippen LogP contribution is -2.17. The zero-order valence-corrected chi connectivity index (χ0v) is 14.0. The van der Waals surface area contributed by atoms with Crippen LogP contribution < -0.4 is 14.8 Å². The Hall–Kier alpha value is -3.30. The number of alkyl halides is 3. The highest BCUT2D eigenvalue weighted by Gasteiger charge is 2.35. The number of hydrogen-bond donors (Lipinski definition) is 1. The molecule has 4 rings (SSSR count). The van der Waals surface area contributed by atoms with Crippen molar-refractivity contribution in [2.24, 2.45) is 0 Å². The number of carbonyl (C=O) groups is 1. The lowest BCUT2D eigenvalue weighted by atomic mass is 10.2. The van der Waals surface area contributed by atoms with Crippen LogP contribution in [0.5, 0.6) is 11.5 Å². The van der Waals surface area contributed by atoms with E-state index in [4.69, 9.17) is 9.47 Å². The summed E-state index contributed by atoms with van der Waals surface area (Å²) in [5, 5.41) is 6.35. The first-order valence-electron chi connectivity index (χ1n) is 7.97. The van der Waals surface area contributed by atoms with Gasteiger partial charge in [-0.15, -0.1) is 0 Å². The fourth-order valence-electron chi connectivity index (χ4n) is 2.73. The molecule has 3 aromatic rings. The summed E-state index contributed by atoms with van der Waals surface area (Å²) in [5.41, 5.74) is -0.665. The molecule has 140 valence electrons. The summed E-state index contributed by atoms with van der Waals surface area (Å²) in [7, 11) is 0. The fourth-order valence-corrected chi connectivity index (χ4v) is 2.73. The first-order chi connectivity index (χ1) is 12.8. The lowest BCUT2D eigenvalue weighted by molar-refractivity contribution is -0.142. The van der Waals surface area contributed by atoms with Gasteiger partial charge in [-0.2, -0.15) is 18.3 Å². The average Bonchev–Trinajstić information content (AvgIpc) is 3.04. The van der Waals surface area contributed by atoms with Gasteiger partial charge in [-0.1, -0.05) is 0 Å². The molecule has 7 nitrogen and oxygen atoms in total. The topological polar surface area (TPSA) is 77.8 Å². The summed E-state index contributed by atoms with van der Waals surface area (Å²) >= 11 is 0. The molecule has 1 amide bonds. The van der Waals surface area contributed by atoms with E-state index in [1.54, 1.807) is 18.2 Å². The summed E-state index contributed by atoms with van der Waals surface area (Å²) in [5.74, 6) is 0.370. The Morgan fingerprint density at radius 2 is 1.89 bits per heavy atom. The van der Waals surface area contributed by atoms with E-state index in [2.05, 4.69) is 15.4 Å². The van der Waals surface area contributed by atoms with Crippen LogP contribution in [0.3, 0.4) is 0 Å². The van der Waals surface area contributed by atoms with Gasteiger partial charge in [0.05, 0.1) is 0 Å². The maximum Gasteiger partial charge on any atom is 0.433 e. The summed E-state index contributed by atoms with van der Waals surface area (Å²) < 4.78 is 51.0. The number of fused-ring (bicyclic) bond motifs is 2. The Balaban J connectivity index is 1.65. The van der Waals surface area contributed by atoms with Crippen LogP contribution in [-0.2, 0) is 6.18 Å². The minimum atomic E-state index is -4.62. The van der Waals surface area contributed by atoms with E-state index in [-0.39, 0.29) is 17.0 Å². The number of amides is 1. The second-order valence-corrected chi connectivity index (χ2v) is 5.89. The Morgan fingerprint density at radius 3 is 2.63 bits per heavy atom. The van der Waals surface area contributed by atoms with Gasteiger partial charge in [0.25, 0.3) is 5.91 Å². The smallest absolute Gasteiger partial charge is 0.433 e. The molecule has 1 aliphatic rings. The van der Waals surface area contributed by atoms with Gasteiger partial charge in [0.1, 0.15) is 18.9 Å². The van der Waals surface area contributed by atoms with Crippen LogP contribution in [0, 0.1) is 6.92 Å². The molecule has 10 heteroatoms. The predicted octanol–water partition coefficient (Wildman–Crippen LogP) is 3.08. The second kappa shape index (κ2) is 6.15. The van der Waals surface area contributed by atoms with E-state index >= 15 is 0 Å². The third-order valence-corrected chi connectivity index (χ3v) is 3.88. The van der Waals surface area contributed by atoms with Gasteiger partial charge in [-0.25, -0.2) is 9.50 Å². The number of benzene rings is 1. The normalized spacial score (nSPS) is 13.6. The molecule has 1 aliphatic heterocycles. The Morgan fingerprint density at radius 1 is 1.15 bits per heavy atom. The van der Waals surface area contributed by atoms with E-state index in [1.807, 2.05) is 0 Å². The molecule has 27 heavy (non-hydrogen) atoms. The number of carbonyl (C=O) groups excluding carboxylic acids is 1. The first kappa shape index (κ1) is 17.1. The zero-order chi connectivity index (χ0) is 19.2.